The lowest BCUT2D eigenvalue weighted by Gasteiger charge is -2.12. The van der Waals surface area contributed by atoms with E-state index >= 15 is 0 Å². The van der Waals surface area contributed by atoms with Gasteiger partial charge in [0.25, 0.3) is 5.91 Å². The van der Waals surface area contributed by atoms with Crippen molar-refractivity contribution in [3.05, 3.63) is 62.9 Å². The Kier molecular flexibility index (Phi) is 7.65. The van der Waals surface area contributed by atoms with Crippen molar-refractivity contribution in [3.63, 3.8) is 0 Å². The second-order valence-electron chi connectivity index (χ2n) is 7.22. The fraction of sp³-hybridized carbons (Fsp3) is 0.333. The van der Waals surface area contributed by atoms with E-state index in [0.717, 1.165) is 0 Å². The monoisotopic (exact) mass is 524 g/mol. The maximum Gasteiger partial charge on any atom is 0.251 e. The molecule has 0 aliphatic heterocycles. The molecule has 3 rings (SSSR count). The van der Waals surface area contributed by atoms with E-state index in [1.807, 2.05) is 0 Å². The Morgan fingerprint density at radius 1 is 1.13 bits per heavy atom. The van der Waals surface area contributed by atoms with Crippen molar-refractivity contribution in [3.8, 4) is 0 Å². The van der Waals surface area contributed by atoms with Crippen LogP contribution >= 0.6 is 58.0 Å². The minimum Gasteiger partial charge on any atom is -0.352 e. The molecule has 31 heavy (non-hydrogen) atoms. The molecular weight excluding hydrogens is 509 g/mol. The van der Waals surface area contributed by atoms with E-state index in [4.69, 9.17) is 58.0 Å². The lowest BCUT2D eigenvalue weighted by molar-refractivity contribution is -0.117. The normalized spacial score (nSPS) is 19.1. The van der Waals surface area contributed by atoms with Gasteiger partial charge in [0.2, 0.25) is 5.91 Å². The van der Waals surface area contributed by atoms with Gasteiger partial charge in [-0.25, -0.2) is 4.39 Å². The molecule has 1 saturated carbocycles. The number of amides is 2. The molecule has 0 saturated heterocycles. The number of nitrogens with one attached hydrogen (secondary N) is 2. The standard InChI is InChI=1S/C21H18Cl5FN2O2/c1-10-13(19(30)28-6-2-5-22)8-12(9-14(10)23)29-20(31)18-17(21(18,25)26)11-3-4-16(27)15(24)7-11/h3-4,7-9,17-18H,2,5-6H2,1H3,(H,28,30)(H,29,31). The zero-order valence-corrected chi connectivity index (χ0v) is 20.0. The van der Waals surface area contributed by atoms with E-state index in [0.29, 0.717) is 46.2 Å². The number of alkyl halides is 3. The van der Waals surface area contributed by atoms with E-state index in [1.165, 1.54) is 24.3 Å². The molecule has 2 aromatic rings. The van der Waals surface area contributed by atoms with Crippen molar-refractivity contribution in [2.75, 3.05) is 17.7 Å². The number of anilines is 1. The first kappa shape index (κ1) is 24.4. The minimum atomic E-state index is -1.37. The summed E-state index contributed by atoms with van der Waals surface area (Å²) in [6.07, 6.45) is 0.625. The number of benzene rings is 2. The van der Waals surface area contributed by atoms with Gasteiger partial charge in [0.1, 0.15) is 10.2 Å². The van der Waals surface area contributed by atoms with E-state index in [-0.39, 0.29) is 10.9 Å². The molecule has 0 radical (unpaired) electrons. The molecule has 1 aliphatic rings. The summed E-state index contributed by atoms with van der Waals surface area (Å²) < 4.78 is 12.1. The topological polar surface area (TPSA) is 58.2 Å². The predicted molar refractivity (Wildman–Crippen MR) is 125 cm³/mol. The fourth-order valence-corrected chi connectivity index (χ4v) is 4.71. The SMILES string of the molecule is Cc1c(Cl)cc(NC(=O)C2C(c3ccc(F)c(Cl)c3)C2(Cl)Cl)cc1C(=O)NCCCCl. The van der Waals surface area contributed by atoms with Crippen LogP contribution in [0.15, 0.2) is 30.3 Å². The fourth-order valence-electron chi connectivity index (χ4n) is 3.34. The first-order valence-electron chi connectivity index (χ1n) is 9.35. The Bertz CT molecular complexity index is 1030. The molecule has 2 N–H and O–H groups in total. The highest BCUT2D eigenvalue weighted by atomic mass is 35.5. The van der Waals surface area contributed by atoms with Gasteiger partial charge in [-0.1, -0.05) is 29.3 Å². The molecule has 0 bridgehead atoms. The highest BCUT2D eigenvalue weighted by molar-refractivity contribution is 6.53. The molecule has 0 spiro atoms. The van der Waals surface area contributed by atoms with Gasteiger partial charge in [-0.2, -0.15) is 0 Å². The second kappa shape index (κ2) is 9.72. The van der Waals surface area contributed by atoms with Gasteiger partial charge in [-0.05, 0) is 48.7 Å². The Labute approximate surface area is 204 Å². The van der Waals surface area contributed by atoms with Crippen LogP contribution in [0.3, 0.4) is 0 Å². The van der Waals surface area contributed by atoms with Crippen LogP contribution in [0.25, 0.3) is 0 Å². The molecule has 2 atom stereocenters. The van der Waals surface area contributed by atoms with Gasteiger partial charge in [-0.3, -0.25) is 9.59 Å². The quantitative estimate of drug-likeness (QED) is 0.327. The summed E-state index contributed by atoms with van der Waals surface area (Å²) in [5, 5.41) is 5.71. The van der Waals surface area contributed by atoms with E-state index in [9.17, 15) is 14.0 Å². The Balaban J connectivity index is 1.78. The maximum absolute atomic E-state index is 13.5. The van der Waals surface area contributed by atoms with Crippen LogP contribution in [0.2, 0.25) is 10.0 Å². The minimum absolute atomic E-state index is 0.0807. The molecular formula is C21H18Cl5FN2O2. The Morgan fingerprint density at radius 3 is 2.48 bits per heavy atom. The zero-order valence-electron chi connectivity index (χ0n) is 16.2. The second-order valence-corrected chi connectivity index (χ2v) is 9.86. The predicted octanol–water partition coefficient (Wildman–Crippen LogP) is 6.33. The molecule has 4 nitrogen and oxygen atoms in total. The van der Waals surface area contributed by atoms with Crippen molar-refractivity contribution in [1.29, 1.82) is 0 Å². The van der Waals surface area contributed by atoms with Crippen molar-refractivity contribution >= 4 is 75.5 Å². The van der Waals surface area contributed by atoms with Gasteiger partial charge in [0.15, 0.2) is 0 Å². The highest BCUT2D eigenvalue weighted by Crippen LogP contribution is 2.65. The van der Waals surface area contributed by atoms with Gasteiger partial charge in [-0.15, -0.1) is 34.8 Å². The van der Waals surface area contributed by atoms with E-state index in [2.05, 4.69) is 10.6 Å². The number of carbonyl (C=O) groups is 2. The molecule has 1 aliphatic carbocycles. The molecule has 2 aromatic carbocycles. The molecule has 2 amide bonds. The lowest BCUT2D eigenvalue weighted by atomic mass is 10.1. The van der Waals surface area contributed by atoms with Crippen LogP contribution in [0.4, 0.5) is 10.1 Å². The summed E-state index contributed by atoms with van der Waals surface area (Å²) in [7, 11) is 0. The maximum atomic E-state index is 13.5. The molecule has 1 fully saturated rings. The van der Waals surface area contributed by atoms with Gasteiger partial charge in [0.05, 0.1) is 10.9 Å². The van der Waals surface area contributed by atoms with E-state index in [1.54, 1.807) is 13.0 Å². The Morgan fingerprint density at radius 2 is 1.84 bits per heavy atom. The van der Waals surface area contributed by atoms with Crippen LogP contribution in [0.5, 0.6) is 0 Å². The van der Waals surface area contributed by atoms with Gasteiger partial charge >= 0.3 is 0 Å². The van der Waals surface area contributed by atoms with Crippen molar-refractivity contribution < 1.29 is 14.0 Å². The smallest absolute Gasteiger partial charge is 0.251 e. The zero-order chi connectivity index (χ0) is 22.9. The van der Waals surface area contributed by atoms with Gasteiger partial charge < -0.3 is 10.6 Å². The molecule has 166 valence electrons. The summed E-state index contributed by atoms with van der Waals surface area (Å²) in [5.74, 6) is -2.28. The third-order valence-corrected chi connectivity index (χ3v) is 6.98. The summed E-state index contributed by atoms with van der Waals surface area (Å²) >= 11 is 30.4. The summed E-state index contributed by atoms with van der Waals surface area (Å²) in [6.45, 7) is 2.13. The van der Waals surface area contributed by atoms with Crippen molar-refractivity contribution in [1.82, 2.24) is 5.32 Å². The molecule has 0 aromatic heterocycles. The van der Waals surface area contributed by atoms with E-state index < -0.39 is 27.9 Å². The number of hydrogen-bond acceptors (Lipinski definition) is 2. The first-order chi connectivity index (χ1) is 14.6. The largest absolute Gasteiger partial charge is 0.352 e. The molecule has 2 unspecified atom stereocenters. The van der Waals surface area contributed by atoms with Crippen LogP contribution < -0.4 is 10.6 Å². The number of hydrogen-bond donors (Lipinski definition) is 2. The van der Waals surface area contributed by atoms with Crippen molar-refractivity contribution in [2.24, 2.45) is 5.92 Å². The average molecular weight is 527 g/mol. The molecule has 0 heterocycles. The third kappa shape index (κ3) is 5.23. The van der Waals surface area contributed by atoms with Gasteiger partial charge in [0, 0.05) is 34.6 Å². The number of rotatable bonds is 7. The number of halogens is 6. The average Bonchev–Trinajstić information content (AvgIpc) is 3.28. The highest BCUT2D eigenvalue weighted by Gasteiger charge is 2.67. The van der Waals surface area contributed by atoms with Crippen LogP contribution in [0, 0.1) is 18.7 Å². The van der Waals surface area contributed by atoms with Crippen molar-refractivity contribution in [2.45, 2.75) is 23.6 Å². The summed E-state index contributed by atoms with van der Waals surface area (Å²) in [5.41, 5.74) is 1.79. The third-order valence-electron chi connectivity index (χ3n) is 5.09. The van der Waals surface area contributed by atoms with Crippen LogP contribution in [-0.2, 0) is 4.79 Å². The summed E-state index contributed by atoms with van der Waals surface area (Å²) in [6, 6.07) is 7.17. The first-order valence-corrected chi connectivity index (χ1v) is 11.4. The van der Waals surface area contributed by atoms with Crippen LogP contribution in [0.1, 0.15) is 33.8 Å². The Hall–Kier alpha value is -1.24. The summed E-state index contributed by atoms with van der Waals surface area (Å²) in [4.78, 5) is 25.3. The lowest BCUT2D eigenvalue weighted by Crippen LogP contribution is -2.26. The number of carbonyl (C=O) groups excluding carboxylic acids is 2. The van der Waals surface area contributed by atoms with Crippen LogP contribution in [-0.4, -0.2) is 28.6 Å². The molecule has 10 heteroatoms.